The molecule has 0 radical (unpaired) electrons. The number of rotatable bonds is 4. The minimum atomic E-state index is -0.254. The van der Waals surface area contributed by atoms with Crippen LogP contribution in [0.4, 0.5) is 5.69 Å². The Bertz CT molecular complexity index is 864. The summed E-state index contributed by atoms with van der Waals surface area (Å²) in [6.45, 7) is 2.55. The highest BCUT2D eigenvalue weighted by Crippen LogP contribution is 2.27. The number of fused-ring (bicyclic) bond motifs is 1. The molecule has 1 aliphatic rings. The first-order valence-corrected chi connectivity index (χ1v) is 8.75. The summed E-state index contributed by atoms with van der Waals surface area (Å²) in [6, 6.07) is 13.3. The number of ether oxygens (including phenoxy) is 1. The van der Waals surface area contributed by atoms with Crippen molar-refractivity contribution < 1.29 is 9.53 Å². The highest BCUT2D eigenvalue weighted by molar-refractivity contribution is 7.80. The van der Waals surface area contributed by atoms with Gasteiger partial charge in [0.05, 0.1) is 25.3 Å². The van der Waals surface area contributed by atoms with Crippen LogP contribution in [0.5, 0.6) is 0 Å². The number of carbonyl (C=O) groups is 1. The van der Waals surface area contributed by atoms with Gasteiger partial charge in [0.1, 0.15) is 4.99 Å². The maximum absolute atomic E-state index is 11.8. The molecule has 0 amide bonds. The molecule has 4 nitrogen and oxygen atoms in total. The van der Waals surface area contributed by atoms with Gasteiger partial charge in [0, 0.05) is 21.8 Å². The lowest BCUT2D eigenvalue weighted by molar-refractivity contribution is -0.142. The maximum Gasteiger partial charge on any atom is 0.310 e. The molecule has 3 rings (SSSR count). The monoisotopic (exact) mass is 372 g/mol. The average Bonchev–Trinajstić information content (AvgIpc) is 2.74. The van der Waals surface area contributed by atoms with Gasteiger partial charge in [0.15, 0.2) is 0 Å². The summed E-state index contributed by atoms with van der Waals surface area (Å²) in [5.74, 6) is -0.254. The van der Waals surface area contributed by atoms with Crippen molar-refractivity contribution in [3.8, 4) is 0 Å². The summed E-state index contributed by atoms with van der Waals surface area (Å²) in [7, 11) is 0. The lowest BCUT2D eigenvalue weighted by Crippen LogP contribution is -2.12. The van der Waals surface area contributed by atoms with Gasteiger partial charge in [0.25, 0.3) is 0 Å². The van der Waals surface area contributed by atoms with Crippen molar-refractivity contribution in [2.45, 2.75) is 13.3 Å². The van der Waals surface area contributed by atoms with Crippen LogP contribution in [0.15, 0.2) is 47.5 Å². The zero-order valence-electron chi connectivity index (χ0n) is 13.7. The molecule has 6 heteroatoms. The van der Waals surface area contributed by atoms with Gasteiger partial charge >= 0.3 is 5.97 Å². The number of carbonyl (C=O) groups excluding carboxylic acids is 1. The molecule has 2 aromatic rings. The number of nitrogens with one attached hydrogen (secondary N) is 1. The van der Waals surface area contributed by atoms with Gasteiger partial charge in [-0.15, -0.1) is 0 Å². The van der Waals surface area contributed by atoms with Crippen molar-refractivity contribution in [2.24, 2.45) is 4.99 Å². The predicted molar refractivity (Wildman–Crippen MR) is 105 cm³/mol. The zero-order valence-corrected chi connectivity index (χ0v) is 15.3. The Labute approximate surface area is 156 Å². The van der Waals surface area contributed by atoms with Crippen LogP contribution < -0.4 is 5.32 Å². The van der Waals surface area contributed by atoms with Crippen molar-refractivity contribution in [1.82, 2.24) is 0 Å². The first-order valence-electron chi connectivity index (χ1n) is 7.96. The van der Waals surface area contributed by atoms with Crippen LogP contribution in [0.2, 0.25) is 5.02 Å². The number of benzene rings is 2. The summed E-state index contributed by atoms with van der Waals surface area (Å²) in [5, 5.41) is 3.83. The Balaban J connectivity index is 2.06. The molecule has 0 aromatic heterocycles. The molecule has 0 aliphatic carbocycles. The van der Waals surface area contributed by atoms with Crippen molar-refractivity contribution in [3.63, 3.8) is 0 Å². The quantitative estimate of drug-likeness (QED) is 0.650. The Morgan fingerprint density at radius 2 is 2.08 bits per heavy atom. The summed E-state index contributed by atoms with van der Waals surface area (Å²) < 4.78 is 5.04. The topological polar surface area (TPSA) is 50.7 Å². The lowest BCUT2D eigenvalue weighted by atomic mass is 9.97. The molecule has 0 bridgehead atoms. The van der Waals surface area contributed by atoms with E-state index in [0.29, 0.717) is 23.2 Å². The van der Waals surface area contributed by atoms with E-state index in [9.17, 15) is 4.79 Å². The summed E-state index contributed by atoms with van der Waals surface area (Å²) in [5.41, 5.74) is 4.18. The number of esters is 1. The summed E-state index contributed by atoms with van der Waals surface area (Å²) in [6.07, 6.45) is 0.210. The van der Waals surface area contributed by atoms with Gasteiger partial charge in [-0.05, 0) is 30.7 Å². The molecule has 0 saturated heterocycles. The molecule has 0 fully saturated rings. The molecule has 128 valence electrons. The number of halogens is 1. The third-order valence-electron chi connectivity index (χ3n) is 3.78. The minimum Gasteiger partial charge on any atom is -0.466 e. The second-order valence-corrected chi connectivity index (χ2v) is 6.45. The lowest BCUT2D eigenvalue weighted by Gasteiger charge is -2.13. The second-order valence-electron chi connectivity index (χ2n) is 5.55. The Hall–Kier alpha value is -2.24. The van der Waals surface area contributed by atoms with Gasteiger partial charge in [-0.2, -0.15) is 0 Å². The van der Waals surface area contributed by atoms with Crippen LogP contribution in [-0.4, -0.2) is 29.8 Å². The molecule has 0 spiro atoms. The van der Waals surface area contributed by atoms with Gasteiger partial charge in [-0.25, -0.2) is 0 Å². The normalized spacial score (nSPS) is 13.4. The molecular formula is C19H17ClN2O2S. The van der Waals surface area contributed by atoms with Gasteiger partial charge in [0.2, 0.25) is 0 Å². The van der Waals surface area contributed by atoms with E-state index < -0.39 is 0 Å². The number of nitrogens with zero attached hydrogens (tertiary/aromatic N) is 1. The summed E-state index contributed by atoms with van der Waals surface area (Å²) in [4.78, 5) is 17.1. The van der Waals surface area contributed by atoms with Gasteiger partial charge in [-0.1, -0.05) is 48.1 Å². The molecule has 25 heavy (non-hydrogen) atoms. The average molecular weight is 373 g/mol. The number of hydrogen-bond acceptors (Lipinski definition) is 4. The predicted octanol–water partition coefficient (Wildman–Crippen LogP) is 4.04. The highest BCUT2D eigenvalue weighted by atomic mass is 35.5. The van der Waals surface area contributed by atoms with Crippen LogP contribution >= 0.6 is 23.8 Å². The van der Waals surface area contributed by atoms with Crippen LogP contribution in [0.1, 0.15) is 23.6 Å². The van der Waals surface area contributed by atoms with E-state index in [1.165, 1.54) is 0 Å². The highest BCUT2D eigenvalue weighted by Gasteiger charge is 2.19. The second kappa shape index (κ2) is 7.76. The standard InChI is InChI=1S/C19H17ClN2O2S/c1-2-24-18(23)10-12-7-8-16-14(9-12)19(21-11-17(25)22-16)13-5-3-4-6-15(13)20/h3-9H,2,10-11H2,1H3,(H,22,25). The van der Waals surface area contributed by atoms with Crippen LogP contribution in [0.25, 0.3) is 0 Å². The number of thiocarbonyl (C=S) groups is 1. The van der Waals surface area contributed by atoms with Crippen molar-refractivity contribution >= 4 is 46.2 Å². The molecule has 1 aliphatic heterocycles. The molecular weight excluding hydrogens is 356 g/mol. The van der Waals surface area contributed by atoms with E-state index in [1.807, 2.05) is 42.5 Å². The molecule has 0 saturated carbocycles. The van der Waals surface area contributed by atoms with Crippen LogP contribution in [0.3, 0.4) is 0 Å². The Morgan fingerprint density at radius 1 is 1.28 bits per heavy atom. The minimum absolute atomic E-state index is 0.210. The smallest absolute Gasteiger partial charge is 0.310 e. The van der Waals surface area contributed by atoms with Crippen LogP contribution in [-0.2, 0) is 16.0 Å². The van der Waals surface area contributed by atoms with E-state index in [-0.39, 0.29) is 12.4 Å². The number of hydrogen-bond donors (Lipinski definition) is 1. The molecule has 0 atom stereocenters. The maximum atomic E-state index is 11.8. The first kappa shape index (κ1) is 17.6. The van der Waals surface area contributed by atoms with Crippen molar-refractivity contribution in [1.29, 1.82) is 0 Å². The van der Waals surface area contributed by atoms with E-state index in [0.717, 1.165) is 28.1 Å². The van der Waals surface area contributed by atoms with E-state index in [2.05, 4.69) is 10.3 Å². The Morgan fingerprint density at radius 3 is 2.84 bits per heavy atom. The van der Waals surface area contributed by atoms with E-state index >= 15 is 0 Å². The molecule has 2 aromatic carbocycles. The molecule has 0 unspecified atom stereocenters. The summed E-state index contributed by atoms with van der Waals surface area (Å²) >= 11 is 11.7. The van der Waals surface area contributed by atoms with Crippen molar-refractivity contribution in [2.75, 3.05) is 18.5 Å². The Kier molecular flexibility index (Phi) is 5.46. The van der Waals surface area contributed by atoms with Gasteiger partial charge in [-0.3, -0.25) is 9.79 Å². The largest absolute Gasteiger partial charge is 0.466 e. The fourth-order valence-corrected chi connectivity index (χ4v) is 3.09. The fraction of sp³-hybridized carbons (Fsp3) is 0.211. The zero-order chi connectivity index (χ0) is 17.8. The number of benzodiazepines with no additional fused rings is 1. The number of anilines is 1. The van der Waals surface area contributed by atoms with Gasteiger partial charge < -0.3 is 10.1 Å². The number of aliphatic imine (C=N–C) groups is 1. The SMILES string of the molecule is CCOC(=O)Cc1ccc2c(c1)C(c1ccccc1Cl)=NCC(=S)N2. The van der Waals surface area contributed by atoms with Crippen LogP contribution in [0, 0.1) is 0 Å². The van der Waals surface area contributed by atoms with E-state index in [4.69, 9.17) is 28.6 Å². The third-order valence-corrected chi connectivity index (χ3v) is 4.34. The fourth-order valence-electron chi connectivity index (χ4n) is 2.69. The molecule has 1 heterocycles. The first-order chi connectivity index (χ1) is 12.1. The molecule has 1 N–H and O–H groups in total. The third kappa shape index (κ3) is 4.06. The van der Waals surface area contributed by atoms with Crippen molar-refractivity contribution in [3.05, 3.63) is 64.2 Å². The van der Waals surface area contributed by atoms with E-state index in [1.54, 1.807) is 6.92 Å².